The summed E-state index contributed by atoms with van der Waals surface area (Å²) in [5.74, 6) is 1.62. The van der Waals surface area contributed by atoms with Crippen LogP contribution in [0, 0.1) is 0 Å². The second-order valence-corrected chi connectivity index (χ2v) is 7.49. The molecule has 3 rings (SSSR count). The predicted molar refractivity (Wildman–Crippen MR) is 117 cm³/mol. The number of hydrogen-bond acceptors (Lipinski definition) is 4. The standard InChI is InChI=1S/C22H30N6O/c1-17(18-9-5-4-6-10-18)25-22(24-15-21(29)27(2)3)26-19-12-14-28(16-19)20-11-7-8-13-23-20/h4-11,13,17,19H,12,14-16H2,1-3H3,(H2,24,25,26). The van der Waals surface area contributed by atoms with E-state index < -0.39 is 0 Å². The second-order valence-electron chi connectivity index (χ2n) is 7.49. The van der Waals surface area contributed by atoms with Gasteiger partial charge in [-0.1, -0.05) is 36.4 Å². The minimum absolute atomic E-state index is 0.0278. The Morgan fingerprint density at radius 3 is 2.69 bits per heavy atom. The van der Waals surface area contributed by atoms with E-state index in [0.29, 0.717) is 5.96 Å². The molecule has 2 heterocycles. The van der Waals surface area contributed by atoms with E-state index in [9.17, 15) is 4.79 Å². The third-order valence-corrected chi connectivity index (χ3v) is 5.03. The van der Waals surface area contributed by atoms with Crippen molar-refractivity contribution in [1.29, 1.82) is 0 Å². The Bertz CT molecular complexity index is 809. The summed E-state index contributed by atoms with van der Waals surface area (Å²) in [5.41, 5.74) is 1.17. The number of anilines is 1. The number of pyridine rings is 1. The fourth-order valence-corrected chi connectivity index (χ4v) is 3.27. The van der Waals surface area contributed by atoms with Crippen molar-refractivity contribution >= 4 is 17.7 Å². The Morgan fingerprint density at radius 2 is 2.00 bits per heavy atom. The van der Waals surface area contributed by atoms with Gasteiger partial charge in [0.25, 0.3) is 0 Å². The van der Waals surface area contributed by atoms with Crippen molar-refractivity contribution in [2.24, 2.45) is 4.99 Å². The van der Waals surface area contributed by atoms with Crippen molar-refractivity contribution in [3.63, 3.8) is 0 Å². The number of nitrogens with one attached hydrogen (secondary N) is 2. The summed E-state index contributed by atoms with van der Waals surface area (Å²) >= 11 is 0. The highest BCUT2D eigenvalue weighted by atomic mass is 16.2. The van der Waals surface area contributed by atoms with Crippen LogP contribution in [0.25, 0.3) is 0 Å². The number of rotatable bonds is 6. The summed E-state index contributed by atoms with van der Waals surface area (Å²) in [6.45, 7) is 3.99. The van der Waals surface area contributed by atoms with E-state index in [0.717, 1.165) is 25.3 Å². The number of aliphatic imine (C=N–C) groups is 1. The molecule has 154 valence electrons. The van der Waals surface area contributed by atoms with E-state index in [4.69, 9.17) is 0 Å². The third-order valence-electron chi connectivity index (χ3n) is 5.03. The smallest absolute Gasteiger partial charge is 0.243 e. The van der Waals surface area contributed by atoms with Gasteiger partial charge in [-0.15, -0.1) is 0 Å². The largest absolute Gasteiger partial charge is 0.354 e. The van der Waals surface area contributed by atoms with E-state index in [2.05, 4.69) is 44.6 Å². The molecule has 2 N–H and O–H groups in total. The van der Waals surface area contributed by atoms with E-state index in [1.165, 1.54) is 5.56 Å². The van der Waals surface area contributed by atoms with E-state index in [-0.39, 0.29) is 24.5 Å². The van der Waals surface area contributed by atoms with Gasteiger partial charge in [0.2, 0.25) is 5.91 Å². The number of carbonyl (C=O) groups is 1. The molecular weight excluding hydrogens is 364 g/mol. The zero-order valence-electron chi connectivity index (χ0n) is 17.4. The van der Waals surface area contributed by atoms with Gasteiger partial charge in [-0.2, -0.15) is 0 Å². The first-order valence-corrected chi connectivity index (χ1v) is 10.0. The molecule has 0 aliphatic carbocycles. The Labute approximate surface area is 172 Å². The number of benzene rings is 1. The third kappa shape index (κ3) is 5.94. The first kappa shape index (κ1) is 20.6. The van der Waals surface area contributed by atoms with E-state index in [1.807, 2.05) is 42.6 Å². The average molecular weight is 395 g/mol. The minimum atomic E-state index is -0.0278. The van der Waals surface area contributed by atoms with Gasteiger partial charge in [-0.25, -0.2) is 9.98 Å². The van der Waals surface area contributed by atoms with Crippen molar-refractivity contribution in [3.8, 4) is 0 Å². The van der Waals surface area contributed by atoms with E-state index in [1.54, 1.807) is 19.0 Å². The molecule has 2 atom stereocenters. The molecule has 1 fully saturated rings. The van der Waals surface area contributed by atoms with Crippen LogP contribution in [0.1, 0.15) is 24.9 Å². The first-order valence-electron chi connectivity index (χ1n) is 10.0. The highest BCUT2D eigenvalue weighted by Crippen LogP contribution is 2.17. The van der Waals surface area contributed by atoms with Crippen LogP contribution in [0.15, 0.2) is 59.7 Å². The van der Waals surface area contributed by atoms with Gasteiger partial charge < -0.3 is 20.4 Å². The van der Waals surface area contributed by atoms with E-state index >= 15 is 0 Å². The Balaban J connectivity index is 1.66. The minimum Gasteiger partial charge on any atom is -0.354 e. The molecule has 1 saturated heterocycles. The number of hydrogen-bond donors (Lipinski definition) is 2. The van der Waals surface area contributed by atoms with Gasteiger partial charge in [0.15, 0.2) is 5.96 Å². The average Bonchev–Trinajstić information content (AvgIpc) is 3.21. The predicted octanol–water partition coefficient (Wildman–Crippen LogP) is 2.04. The molecule has 2 unspecified atom stereocenters. The lowest BCUT2D eigenvalue weighted by Crippen LogP contribution is -2.46. The monoisotopic (exact) mass is 394 g/mol. The highest BCUT2D eigenvalue weighted by molar-refractivity contribution is 5.85. The van der Waals surface area contributed by atoms with Gasteiger partial charge in [0, 0.05) is 39.4 Å². The lowest BCUT2D eigenvalue weighted by molar-refractivity contribution is -0.127. The molecule has 1 aliphatic rings. The molecule has 29 heavy (non-hydrogen) atoms. The summed E-state index contributed by atoms with van der Waals surface area (Å²) in [4.78, 5) is 24.8. The van der Waals surface area contributed by atoms with Crippen LogP contribution < -0.4 is 15.5 Å². The van der Waals surface area contributed by atoms with Gasteiger partial charge in [-0.3, -0.25) is 4.79 Å². The molecule has 0 radical (unpaired) electrons. The van der Waals surface area contributed by atoms with Crippen molar-refractivity contribution in [3.05, 3.63) is 60.3 Å². The molecule has 1 aliphatic heterocycles. The molecule has 7 nitrogen and oxygen atoms in total. The second kappa shape index (κ2) is 9.91. The highest BCUT2D eigenvalue weighted by Gasteiger charge is 2.24. The number of likely N-dealkylation sites (N-methyl/N-ethyl adjacent to an activating group) is 1. The molecule has 1 amide bonds. The molecular formula is C22H30N6O. The topological polar surface area (TPSA) is 72.9 Å². The Kier molecular flexibility index (Phi) is 7.05. The fraction of sp³-hybridized carbons (Fsp3) is 0.409. The number of nitrogens with zero attached hydrogens (tertiary/aromatic N) is 4. The summed E-state index contributed by atoms with van der Waals surface area (Å²) in [6, 6.07) is 16.5. The number of guanidine groups is 1. The molecule has 0 saturated carbocycles. The molecule has 7 heteroatoms. The zero-order valence-corrected chi connectivity index (χ0v) is 17.4. The summed E-state index contributed by atoms with van der Waals surface area (Å²) in [6.07, 6.45) is 2.80. The van der Waals surface area contributed by atoms with Crippen LogP contribution in [0.5, 0.6) is 0 Å². The molecule has 1 aromatic carbocycles. The summed E-state index contributed by atoms with van der Waals surface area (Å²) in [7, 11) is 3.49. The fourth-order valence-electron chi connectivity index (χ4n) is 3.27. The van der Waals surface area contributed by atoms with Gasteiger partial charge >= 0.3 is 0 Å². The molecule has 0 bridgehead atoms. The van der Waals surface area contributed by atoms with Crippen LogP contribution in [-0.2, 0) is 4.79 Å². The van der Waals surface area contributed by atoms with Crippen LogP contribution in [-0.4, -0.2) is 61.5 Å². The Morgan fingerprint density at radius 1 is 1.24 bits per heavy atom. The SMILES string of the molecule is CC(NC(=NCC(=O)N(C)C)NC1CCN(c2ccccn2)C1)c1ccccc1. The normalized spacial score (nSPS) is 17.7. The zero-order chi connectivity index (χ0) is 20.6. The molecule has 0 spiro atoms. The quantitative estimate of drug-likeness (QED) is 0.580. The number of aromatic nitrogens is 1. The van der Waals surface area contributed by atoms with Crippen LogP contribution in [0.4, 0.5) is 5.82 Å². The van der Waals surface area contributed by atoms with Crippen molar-refractivity contribution in [2.45, 2.75) is 25.4 Å². The lowest BCUT2D eigenvalue weighted by atomic mass is 10.1. The van der Waals surface area contributed by atoms with Gasteiger partial charge in [-0.05, 0) is 31.0 Å². The van der Waals surface area contributed by atoms with Crippen molar-refractivity contribution in [2.75, 3.05) is 38.6 Å². The molecule has 1 aromatic heterocycles. The Hall–Kier alpha value is -3.09. The van der Waals surface area contributed by atoms with Crippen molar-refractivity contribution in [1.82, 2.24) is 20.5 Å². The number of carbonyl (C=O) groups excluding carboxylic acids is 1. The number of amides is 1. The first-order chi connectivity index (χ1) is 14.0. The summed E-state index contributed by atoms with van der Waals surface area (Å²) < 4.78 is 0. The van der Waals surface area contributed by atoms with Gasteiger partial charge in [0.05, 0.1) is 6.04 Å². The van der Waals surface area contributed by atoms with Crippen LogP contribution in [0.2, 0.25) is 0 Å². The van der Waals surface area contributed by atoms with Crippen LogP contribution >= 0.6 is 0 Å². The molecule has 2 aromatic rings. The summed E-state index contributed by atoms with van der Waals surface area (Å²) in [5, 5.41) is 6.95. The maximum atomic E-state index is 12.0. The maximum Gasteiger partial charge on any atom is 0.243 e. The van der Waals surface area contributed by atoms with Gasteiger partial charge in [0.1, 0.15) is 12.4 Å². The lowest BCUT2D eigenvalue weighted by Gasteiger charge is -2.22. The van der Waals surface area contributed by atoms with Crippen LogP contribution in [0.3, 0.4) is 0 Å². The van der Waals surface area contributed by atoms with Crippen molar-refractivity contribution < 1.29 is 4.79 Å². The maximum absolute atomic E-state index is 12.0.